The molecule has 1 heterocycles. The number of anilines is 1. The van der Waals surface area contributed by atoms with Crippen LogP contribution in [0.2, 0.25) is 0 Å². The third-order valence-corrected chi connectivity index (χ3v) is 3.28. The second kappa shape index (κ2) is 5.28. The van der Waals surface area contributed by atoms with E-state index in [0.29, 0.717) is 12.2 Å². The molecule has 0 aliphatic carbocycles. The standard InChI is InChI=1S/C16H13FN2O2/c17-14-6-5-11(7-13(14)16(18)20)19-8-10-9-21-15-4-2-1-3-12(10)15/h1-7,9,19H,8H2,(H2,18,20). The molecule has 0 unspecified atom stereocenters. The first kappa shape index (κ1) is 13.2. The Labute approximate surface area is 120 Å². The van der Waals surface area contributed by atoms with E-state index in [2.05, 4.69) is 5.32 Å². The highest BCUT2D eigenvalue weighted by atomic mass is 19.1. The Morgan fingerprint density at radius 3 is 2.86 bits per heavy atom. The number of furan rings is 1. The number of halogens is 1. The summed E-state index contributed by atoms with van der Waals surface area (Å²) >= 11 is 0. The summed E-state index contributed by atoms with van der Waals surface area (Å²) in [6.07, 6.45) is 1.68. The van der Waals surface area contributed by atoms with Gasteiger partial charge in [-0.3, -0.25) is 4.79 Å². The highest BCUT2D eigenvalue weighted by Crippen LogP contribution is 2.22. The van der Waals surface area contributed by atoms with Crippen molar-refractivity contribution in [3.63, 3.8) is 0 Å². The number of benzene rings is 2. The number of hydrogen-bond donors (Lipinski definition) is 2. The minimum Gasteiger partial charge on any atom is -0.464 e. The van der Waals surface area contributed by atoms with Gasteiger partial charge in [-0.15, -0.1) is 0 Å². The van der Waals surface area contributed by atoms with Gasteiger partial charge >= 0.3 is 0 Å². The Hall–Kier alpha value is -2.82. The molecule has 1 aromatic heterocycles. The van der Waals surface area contributed by atoms with E-state index in [1.165, 1.54) is 12.1 Å². The van der Waals surface area contributed by atoms with E-state index in [0.717, 1.165) is 16.5 Å². The zero-order chi connectivity index (χ0) is 14.8. The maximum atomic E-state index is 13.4. The predicted molar refractivity (Wildman–Crippen MR) is 78.5 cm³/mol. The van der Waals surface area contributed by atoms with E-state index in [-0.39, 0.29) is 5.56 Å². The molecule has 3 rings (SSSR count). The van der Waals surface area contributed by atoms with Crippen LogP contribution in [-0.2, 0) is 6.54 Å². The SMILES string of the molecule is NC(=O)c1cc(NCc2coc3ccccc23)ccc1F. The molecule has 4 nitrogen and oxygen atoms in total. The summed E-state index contributed by atoms with van der Waals surface area (Å²) in [6, 6.07) is 11.9. The van der Waals surface area contributed by atoms with Crippen LogP contribution < -0.4 is 11.1 Å². The van der Waals surface area contributed by atoms with E-state index in [1.807, 2.05) is 24.3 Å². The molecular formula is C16H13FN2O2. The minimum atomic E-state index is -0.787. The highest BCUT2D eigenvalue weighted by molar-refractivity contribution is 5.94. The number of carbonyl (C=O) groups is 1. The van der Waals surface area contributed by atoms with Crippen molar-refractivity contribution >= 4 is 22.6 Å². The fourth-order valence-electron chi connectivity index (χ4n) is 2.19. The van der Waals surface area contributed by atoms with Gasteiger partial charge in [0.15, 0.2) is 0 Å². The number of fused-ring (bicyclic) bond motifs is 1. The van der Waals surface area contributed by atoms with E-state index in [1.54, 1.807) is 12.3 Å². The molecule has 0 aliphatic rings. The van der Waals surface area contributed by atoms with Gasteiger partial charge in [-0.05, 0) is 24.3 Å². The average Bonchev–Trinajstić information content (AvgIpc) is 2.89. The smallest absolute Gasteiger partial charge is 0.251 e. The largest absolute Gasteiger partial charge is 0.464 e. The molecule has 3 N–H and O–H groups in total. The van der Waals surface area contributed by atoms with Gasteiger partial charge in [0.1, 0.15) is 11.4 Å². The molecule has 0 bridgehead atoms. The van der Waals surface area contributed by atoms with Crippen LogP contribution >= 0.6 is 0 Å². The maximum Gasteiger partial charge on any atom is 0.251 e. The summed E-state index contributed by atoms with van der Waals surface area (Å²) in [5.41, 5.74) is 7.41. The van der Waals surface area contributed by atoms with Crippen LogP contribution in [0.15, 0.2) is 53.1 Å². The molecule has 0 fully saturated rings. The third kappa shape index (κ3) is 2.58. The molecule has 0 radical (unpaired) electrons. The molecule has 5 heteroatoms. The lowest BCUT2D eigenvalue weighted by Crippen LogP contribution is -2.13. The van der Waals surface area contributed by atoms with E-state index >= 15 is 0 Å². The van der Waals surface area contributed by atoms with Crippen LogP contribution in [0, 0.1) is 5.82 Å². The number of primary amides is 1. The van der Waals surface area contributed by atoms with Gasteiger partial charge in [0.25, 0.3) is 5.91 Å². The lowest BCUT2D eigenvalue weighted by molar-refractivity contribution is 0.0996. The number of nitrogens with one attached hydrogen (secondary N) is 1. The molecule has 1 amide bonds. The van der Waals surface area contributed by atoms with Gasteiger partial charge in [-0.2, -0.15) is 0 Å². The lowest BCUT2D eigenvalue weighted by Gasteiger charge is -2.07. The van der Waals surface area contributed by atoms with Crippen molar-refractivity contribution in [2.75, 3.05) is 5.32 Å². The Bertz CT molecular complexity index is 811. The van der Waals surface area contributed by atoms with Crippen LogP contribution in [0.5, 0.6) is 0 Å². The minimum absolute atomic E-state index is 0.128. The van der Waals surface area contributed by atoms with Crippen molar-refractivity contribution in [1.29, 1.82) is 0 Å². The van der Waals surface area contributed by atoms with E-state index in [4.69, 9.17) is 10.2 Å². The molecule has 0 saturated carbocycles. The van der Waals surface area contributed by atoms with Crippen molar-refractivity contribution in [1.82, 2.24) is 0 Å². The summed E-state index contributed by atoms with van der Waals surface area (Å²) in [5.74, 6) is -1.41. The Balaban J connectivity index is 1.82. The first-order chi connectivity index (χ1) is 10.1. The molecule has 2 aromatic carbocycles. The Morgan fingerprint density at radius 1 is 1.24 bits per heavy atom. The van der Waals surface area contributed by atoms with Gasteiger partial charge in [0, 0.05) is 23.2 Å². The van der Waals surface area contributed by atoms with Crippen LogP contribution in [-0.4, -0.2) is 5.91 Å². The number of hydrogen-bond acceptors (Lipinski definition) is 3. The van der Waals surface area contributed by atoms with Crippen LogP contribution in [0.25, 0.3) is 11.0 Å². The van der Waals surface area contributed by atoms with E-state index in [9.17, 15) is 9.18 Å². The Kier molecular flexibility index (Phi) is 3.31. The summed E-state index contributed by atoms with van der Waals surface area (Å²) in [6.45, 7) is 0.501. The second-order valence-electron chi connectivity index (χ2n) is 4.67. The number of carbonyl (C=O) groups excluding carboxylic acids is 1. The number of rotatable bonds is 4. The first-order valence-electron chi connectivity index (χ1n) is 6.43. The molecular weight excluding hydrogens is 271 g/mol. The van der Waals surface area contributed by atoms with Gasteiger partial charge in [-0.1, -0.05) is 18.2 Å². The summed E-state index contributed by atoms with van der Waals surface area (Å²) in [7, 11) is 0. The number of para-hydroxylation sites is 1. The lowest BCUT2D eigenvalue weighted by atomic mass is 10.1. The van der Waals surface area contributed by atoms with E-state index < -0.39 is 11.7 Å². The number of nitrogens with two attached hydrogens (primary N) is 1. The second-order valence-corrected chi connectivity index (χ2v) is 4.67. The fraction of sp³-hybridized carbons (Fsp3) is 0.0625. The van der Waals surface area contributed by atoms with Crippen molar-refractivity contribution in [2.45, 2.75) is 6.54 Å². The van der Waals surface area contributed by atoms with Crippen LogP contribution in [0.4, 0.5) is 10.1 Å². The maximum absolute atomic E-state index is 13.4. The summed E-state index contributed by atoms with van der Waals surface area (Å²) in [4.78, 5) is 11.1. The van der Waals surface area contributed by atoms with Gasteiger partial charge in [-0.25, -0.2) is 4.39 Å². The zero-order valence-corrected chi connectivity index (χ0v) is 11.1. The number of amides is 1. The monoisotopic (exact) mass is 284 g/mol. The molecule has 0 aliphatic heterocycles. The zero-order valence-electron chi connectivity index (χ0n) is 11.1. The van der Waals surface area contributed by atoms with Crippen molar-refractivity contribution in [2.24, 2.45) is 5.73 Å². The van der Waals surface area contributed by atoms with Gasteiger partial charge in [0.2, 0.25) is 0 Å². The molecule has 0 atom stereocenters. The molecule has 106 valence electrons. The van der Waals surface area contributed by atoms with Crippen LogP contribution in [0.3, 0.4) is 0 Å². The van der Waals surface area contributed by atoms with Crippen molar-refractivity contribution < 1.29 is 13.6 Å². The molecule has 0 saturated heterocycles. The molecule has 21 heavy (non-hydrogen) atoms. The topological polar surface area (TPSA) is 68.3 Å². The highest BCUT2D eigenvalue weighted by Gasteiger charge is 2.09. The summed E-state index contributed by atoms with van der Waals surface area (Å²) < 4.78 is 18.8. The van der Waals surface area contributed by atoms with Gasteiger partial charge in [0.05, 0.1) is 11.8 Å². The van der Waals surface area contributed by atoms with Crippen molar-refractivity contribution in [3.05, 3.63) is 65.7 Å². The third-order valence-electron chi connectivity index (χ3n) is 3.28. The normalized spacial score (nSPS) is 10.7. The summed E-state index contributed by atoms with van der Waals surface area (Å²) in [5, 5.41) is 4.14. The average molecular weight is 284 g/mol. The molecule has 0 spiro atoms. The fourth-order valence-corrected chi connectivity index (χ4v) is 2.19. The van der Waals surface area contributed by atoms with Gasteiger partial charge < -0.3 is 15.5 Å². The van der Waals surface area contributed by atoms with Crippen LogP contribution in [0.1, 0.15) is 15.9 Å². The first-order valence-corrected chi connectivity index (χ1v) is 6.43. The predicted octanol–water partition coefficient (Wildman–Crippen LogP) is 3.28. The van der Waals surface area contributed by atoms with Crippen molar-refractivity contribution in [3.8, 4) is 0 Å². The quantitative estimate of drug-likeness (QED) is 0.772. The Morgan fingerprint density at radius 2 is 2.05 bits per heavy atom. The molecule has 3 aromatic rings.